The van der Waals surface area contributed by atoms with E-state index in [9.17, 15) is 0 Å². The topological polar surface area (TPSA) is 102 Å². The molecule has 5 rings (SSSR count). The van der Waals surface area contributed by atoms with Gasteiger partial charge in [-0.2, -0.15) is 20.1 Å². The molecule has 0 aliphatic carbocycles. The smallest absolute Gasteiger partial charge is 0.233 e. The first-order valence-corrected chi connectivity index (χ1v) is 12.2. The molecule has 0 saturated carbocycles. The number of H-pyrrole nitrogens is 1. The summed E-state index contributed by atoms with van der Waals surface area (Å²) in [5.41, 5.74) is 3.39. The number of piperazine rings is 1. The van der Waals surface area contributed by atoms with Crippen LogP contribution in [0.25, 0.3) is 0 Å². The number of nitrogens with zero attached hydrogens (tertiary/aromatic N) is 8. The van der Waals surface area contributed by atoms with Crippen molar-refractivity contribution in [3.8, 4) is 0 Å². The number of anilines is 3. The molecule has 2 aliphatic rings. The Morgan fingerprint density at radius 2 is 1.65 bits per heavy atom. The van der Waals surface area contributed by atoms with Crippen molar-refractivity contribution in [2.24, 2.45) is 0 Å². The van der Waals surface area contributed by atoms with Crippen LogP contribution in [0.3, 0.4) is 0 Å². The molecule has 5 heterocycles. The summed E-state index contributed by atoms with van der Waals surface area (Å²) >= 11 is 0. The Labute approximate surface area is 200 Å². The number of aromatic nitrogens is 6. The van der Waals surface area contributed by atoms with Gasteiger partial charge in [-0.25, -0.2) is 0 Å². The highest BCUT2D eigenvalue weighted by atomic mass is 15.3. The standard InChI is InChI=1S/C24H34N10/c1-17-20(21(19-7-9-25-10-8-19)33-11-5-4-6-12-33)22(31-30-17)28-23-26-18(2)27-24(29-23)34-15-13-32(3)14-16-34/h7-10,21H,4-6,11-16H2,1-3H3,(H2,26,27,28,29,30,31). The van der Waals surface area contributed by atoms with Gasteiger partial charge in [-0.3, -0.25) is 15.0 Å². The Kier molecular flexibility index (Phi) is 6.68. The van der Waals surface area contributed by atoms with Crippen molar-refractivity contribution in [3.05, 3.63) is 47.2 Å². The Morgan fingerprint density at radius 3 is 2.38 bits per heavy atom. The molecule has 34 heavy (non-hydrogen) atoms. The summed E-state index contributed by atoms with van der Waals surface area (Å²) in [7, 11) is 2.14. The van der Waals surface area contributed by atoms with Crippen LogP contribution in [0.15, 0.2) is 24.5 Å². The first-order valence-electron chi connectivity index (χ1n) is 12.2. The third kappa shape index (κ3) is 4.88. The molecule has 0 spiro atoms. The highest BCUT2D eigenvalue weighted by Crippen LogP contribution is 2.36. The second-order valence-corrected chi connectivity index (χ2v) is 9.31. The van der Waals surface area contributed by atoms with E-state index in [0.717, 1.165) is 62.3 Å². The van der Waals surface area contributed by atoms with Crippen LogP contribution >= 0.6 is 0 Å². The summed E-state index contributed by atoms with van der Waals surface area (Å²) in [5, 5.41) is 11.3. The third-order valence-electron chi connectivity index (χ3n) is 6.80. The van der Waals surface area contributed by atoms with E-state index < -0.39 is 0 Å². The normalized spacial score (nSPS) is 18.7. The third-order valence-corrected chi connectivity index (χ3v) is 6.80. The molecule has 2 N–H and O–H groups in total. The predicted molar refractivity (Wildman–Crippen MR) is 132 cm³/mol. The van der Waals surface area contributed by atoms with E-state index in [1.165, 1.54) is 24.8 Å². The average Bonchev–Trinajstić information content (AvgIpc) is 3.20. The van der Waals surface area contributed by atoms with E-state index in [0.29, 0.717) is 11.8 Å². The second kappa shape index (κ2) is 10.0. The van der Waals surface area contributed by atoms with E-state index in [4.69, 9.17) is 4.98 Å². The number of aryl methyl sites for hydroxylation is 2. The van der Waals surface area contributed by atoms with Crippen molar-refractivity contribution in [1.82, 2.24) is 39.9 Å². The molecule has 0 bridgehead atoms. The first-order chi connectivity index (χ1) is 16.6. The van der Waals surface area contributed by atoms with E-state index in [1.54, 1.807) is 0 Å². The van der Waals surface area contributed by atoms with Gasteiger partial charge in [0.25, 0.3) is 0 Å². The van der Waals surface area contributed by atoms with Gasteiger partial charge in [0.05, 0.1) is 6.04 Å². The summed E-state index contributed by atoms with van der Waals surface area (Å²) in [5.74, 6) is 2.71. The monoisotopic (exact) mass is 462 g/mol. The molecule has 2 fully saturated rings. The van der Waals surface area contributed by atoms with Gasteiger partial charge >= 0.3 is 0 Å². The molecule has 10 nitrogen and oxygen atoms in total. The maximum atomic E-state index is 4.77. The molecule has 3 aromatic heterocycles. The minimum absolute atomic E-state index is 0.0876. The Balaban J connectivity index is 1.47. The first kappa shape index (κ1) is 22.7. The van der Waals surface area contributed by atoms with E-state index in [-0.39, 0.29) is 6.04 Å². The van der Waals surface area contributed by atoms with Crippen LogP contribution in [0.2, 0.25) is 0 Å². The fraction of sp³-hybridized carbons (Fsp3) is 0.542. The van der Waals surface area contributed by atoms with Crippen molar-refractivity contribution in [2.75, 3.05) is 56.5 Å². The molecule has 1 unspecified atom stereocenters. The van der Waals surface area contributed by atoms with Gasteiger partial charge in [-0.1, -0.05) is 6.42 Å². The second-order valence-electron chi connectivity index (χ2n) is 9.31. The van der Waals surface area contributed by atoms with Gasteiger partial charge in [-0.05, 0) is 64.5 Å². The van der Waals surface area contributed by atoms with Crippen LogP contribution in [0.1, 0.15) is 47.9 Å². The van der Waals surface area contributed by atoms with Crippen molar-refractivity contribution < 1.29 is 0 Å². The lowest BCUT2D eigenvalue weighted by Crippen LogP contribution is -2.45. The molecule has 0 amide bonds. The lowest BCUT2D eigenvalue weighted by atomic mass is 9.95. The fourth-order valence-corrected chi connectivity index (χ4v) is 4.93. The summed E-state index contributed by atoms with van der Waals surface area (Å²) in [6.07, 6.45) is 7.44. The fourth-order valence-electron chi connectivity index (χ4n) is 4.93. The highest BCUT2D eigenvalue weighted by Gasteiger charge is 2.30. The van der Waals surface area contributed by atoms with Gasteiger partial charge in [0, 0.05) is 49.8 Å². The van der Waals surface area contributed by atoms with Crippen LogP contribution in [0.5, 0.6) is 0 Å². The lowest BCUT2D eigenvalue weighted by Gasteiger charge is -2.35. The van der Waals surface area contributed by atoms with Crippen LogP contribution in [-0.2, 0) is 0 Å². The molecule has 0 radical (unpaired) electrons. The van der Waals surface area contributed by atoms with Gasteiger partial charge in [0.15, 0.2) is 5.82 Å². The maximum absolute atomic E-state index is 4.77. The van der Waals surface area contributed by atoms with Crippen molar-refractivity contribution in [1.29, 1.82) is 0 Å². The Hall–Kier alpha value is -3.11. The number of likely N-dealkylation sites (N-methyl/N-ethyl adjacent to an activating group) is 1. The van der Waals surface area contributed by atoms with Crippen LogP contribution < -0.4 is 10.2 Å². The molecule has 3 aromatic rings. The predicted octanol–water partition coefficient (Wildman–Crippen LogP) is 2.68. The minimum atomic E-state index is 0.0876. The Morgan fingerprint density at radius 1 is 0.912 bits per heavy atom. The van der Waals surface area contributed by atoms with Crippen LogP contribution in [0.4, 0.5) is 17.7 Å². The number of rotatable bonds is 6. The van der Waals surface area contributed by atoms with Crippen LogP contribution in [0, 0.1) is 13.8 Å². The number of hydrogen-bond acceptors (Lipinski definition) is 9. The number of pyridine rings is 1. The molecule has 1 atom stereocenters. The summed E-state index contributed by atoms with van der Waals surface area (Å²) in [4.78, 5) is 25.3. The van der Waals surface area contributed by atoms with Gasteiger partial charge < -0.3 is 15.1 Å². The molecule has 2 saturated heterocycles. The zero-order chi connectivity index (χ0) is 23.5. The zero-order valence-corrected chi connectivity index (χ0v) is 20.3. The SMILES string of the molecule is Cc1nc(Nc2n[nH]c(C)c2C(c2ccncc2)N2CCCCC2)nc(N2CCN(C)CC2)n1. The number of likely N-dealkylation sites (tertiary alicyclic amines) is 1. The summed E-state index contributed by atoms with van der Waals surface area (Å²) < 4.78 is 0. The summed E-state index contributed by atoms with van der Waals surface area (Å²) in [6, 6.07) is 4.30. The largest absolute Gasteiger partial charge is 0.338 e. The van der Waals surface area contributed by atoms with Crippen molar-refractivity contribution in [2.45, 2.75) is 39.2 Å². The number of aromatic amines is 1. The van der Waals surface area contributed by atoms with Crippen LogP contribution in [-0.4, -0.2) is 86.2 Å². The quantitative estimate of drug-likeness (QED) is 0.572. The zero-order valence-electron chi connectivity index (χ0n) is 20.3. The molecular weight excluding hydrogens is 428 g/mol. The molecule has 10 heteroatoms. The van der Waals surface area contributed by atoms with Crippen molar-refractivity contribution >= 4 is 17.7 Å². The molecule has 0 aromatic carbocycles. The van der Waals surface area contributed by atoms with Gasteiger partial charge in [0.1, 0.15) is 5.82 Å². The highest BCUT2D eigenvalue weighted by molar-refractivity contribution is 5.58. The summed E-state index contributed by atoms with van der Waals surface area (Å²) in [6.45, 7) is 9.94. The van der Waals surface area contributed by atoms with E-state index in [2.05, 4.69) is 71.3 Å². The average molecular weight is 463 g/mol. The maximum Gasteiger partial charge on any atom is 0.233 e. The molecule has 2 aliphatic heterocycles. The van der Waals surface area contributed by atoms with E-state index in [1.807, 2.05) is 19.3 Å². The minimum Gasteiger partial charge on any atom is -0.338 e. The van der Waals surface area contributed by atoms with E-state index >= 15 is 0 Å². The number of nitrogens with one attached hydrogen (secondary N) is 2. The molecule has 180 valence electrons. The van der Waals surface area contributed by atoms with Gasteiger partial charge in [0.2, 0.25) is 11.9 Å². The number of piperidine rings is 1. The van der Waals surface area contributed by atoms with Gasteiger partial charge in [-0.15, -0.1) is 0 Å². The van der Waals surface area contributed by atoms with Crippen molar-refractivity contribution in [3.63, 3.8) is 0 Å². The lowest BCUT2D eigenvalue weighted by molar-refractivity contribution is 0.187. The Bertz CT molecular complexity index is 1080. The number of hydrogen-bond donors (Lipinski definition) is 2. The molecular formula is C24H34N10.